The number of aryl methyl sites for hydroxylation is 1. The molecule has 0 aliphatic carbocycles. The third-order valence-corrected chi connectivity index (χ3v) is 3.27. The summed E-state index contributed by atoms with van der Waals surface area (Å²) in [6.45, 7) is 4.03. The molecule has 1 N–H and O–H groups in total. The first-order valence-electron chi connectivity index (χ1n) is 6.87. The standard InChI is InChI=1S/C15H20N4O/c1-4-6-11(2)15(20)17-13-8-5-7-12(9-13)14-18-16-10-19(14)3/h5,7-11H,4,6H2,1-3H3,(H,17,20). The lowest BCUT2D eigenvalue weighted by atomic mass is 10.1. The third-order valence-electron chi connectivity index (χ3n) is 3.27. The monoisotopic (exact) mass is 272 g/mol. The lowest BCUT2D eigenvalue weighted by molar-refractivity contribution is -0.119. The van der Waals surface area contributed by atoms with Gasteiger partial charge in [0.25, 0.3) is 0 Å². The number of nitrogens with one attached hydrogen (secondary N) is 1. The largest absolute Gasteiger partial charge is 0.326 e. The highest BCUT2D eigenvalue weighted by Crippen LogP contribution is 2.20. The smallest absolute Gasteiger partial charge is 0.227 e. The number of amides is 1. The zero-order valence-corrected chi connectivity index (χ0v) is 12.1. The molecule has 0 fully saturated rings. The van der Waals surface area contributed by atoms with Crippen molar-refractivity contribution in [2.75, 3.05) is 5.32 Å². The van der Waals surface area contributed by atoms with Gasteiger partial charge in [0.1, 0.15) is 6.33 Å². The van der Waals surface area contributed by atoms with E-state index in [9.17, 15) is 4.79 Å². The second-order valence-electron chi connectivity index (χ2n) is 5.03. The zero-order valence-electron chi connectivity index (χ0n) is 12.1. The van der Waals surface area contributed by atoms with Crippen molar-refractivity contribution in [2.45, 2.75) is 26.7 Å². The van der Waals surface area contributed by atoms with Gasteiger partial charge in [0, 0.05) is 24.2 Å². The van der Waals surface area contributed by atoms with Crippen molar-refractivity contribution < 1.29 is 4.79 Å². The lowest BCUT2D eigenvalue weighted by Crippen LogP contribution is -2.20. The maximum absolute atomic E-state index is 12.0. The van der Waals surface area contributed by atoms with E-state index in [-0.39, 0.29) is 11.8 Å². The summed E-state index contributed by atoms with van der Waals surface area (Å²) >= 11 is 0. The first-order valence-corrected chi connectivity index (χ1v) is 6.87. The van der Waals surface area contributed by atoms with Crippen LogP contribution in [0.2, 0.25) is 0 Å². The Morgan fingerprint density at radius 1 is 1.45 bits per heavy atom. The summed E-state index contributed by atoms with van der Waals surface area (Å²) in [5, 5.41) is 10.9. The van der Waals surface area contributed by atoms with Crippen LogP contribution in [0.25, 0.3) is 11.4 Å². The van der Waals surface area contributed by atoms with Gasteiger partial charge in [-0.25, -0.2) is 0 Å². The molecule has 1 unspecified atom stereocenters. The van der Waals surface area contributed by atoms with Crippen LogP contribution in [0.4, 0.5) is 5.69 Å². The summed E-state index contributed by atoms with van der Waals surface area (Å²) in [6.07, 6.45) is 3.56. The average molecular weight is 272 g/mol. The average Bonchev–Trinajstić information content (AvgIpc) is 2.85. The van der Waals surface area contributed by atoms with E-state index in [4.69, 9.17) is 0 Å². The van der Waals surface area contributed by atoms with Crippen LogP contribution in [-0.4, -0.2) is 20.7 Å². The van der Waals surface area contributed by atoms with Crippen LogP contribution in [0.3, 0.4) is 0 Å². The highest BCUT2D eigenvalue weighted by Gasteiger charge is 2.12. The van der Waals surface area contributed by atoms with Gasteiger partial charge >= 0.3 is 0 Å². The Balaban J connectivity index is 2.15. The van der Waals surface area contributed by atoms with Crippen LogP contribution in [0, 0.1) is 5.92 Å². The molecular weight excluding hydrogens is 252 g/mol. The number of nitrogens with zero attached hydrogens (tertiary/aromatic N) is 3. The molecule has 0 saturated carbocycles. The summed E-state index contributed by atoms with van der Waals surface area (Å²) < 4.78 is 1.85. The van der Waals surface area contributed by atoms with Crippen molar-refractivity contribution in [1.82, 2.24) is 14.8 Å². The molecule has 1 aromatic heterocycles. The Bertz CT molecular complexity index is 591. The van der Waals surface area contributed by atoms with Crippen molar-refractivity contribution >= 4 is 11.6 Å². The molecule has 106 valence electrons. The van der Waals surface area contributed by atoms with Crippen molar-refractivity contribution in [3.8, 4) is 11.4 Å². The van der Waals surface area contributed by atoms with Crippen molar-refractivity contribution in [3.05, 3.63) is 30.6 Å². The molecule has 1 heterocycles. The number of rotatable bonds is 5. The molecule has 5 heteroatoms. The highest BCUT2D eigenvalue weighted by atomic mass is 16.1. The second-order valence-corrected chi connectivity index (χ2v) is 5.03. The first-order chi connectivity index (χ1) is 9.61. The van der Waals surface area contributed by atoms with E-state index >= 15 is 0 Å². The van der Waals surface area contributed by atoms with Gasteiger partial charge in [-0.1, -0.05) is 32.4 Å². The number of hydrogen-bond donors (Lipinski definition) is 1. The van der Waals surface area contributed by atoms with Gasteiger partial charge in [0.2, 0.25) is 5.91 Å². The van der Waals surface area contributed by atoms with Crippen LogP contribution >= 0.6 is 0 Å². The summed E-state index contributed by atoms with van der Waals surface area (Å²) in [7, 11) is 1.89. The normalized spacial score (nSPS) is 12.2. The Morgan fingerprint density at radius 3 is 2.90 bits per heavy atom. The summed E-state index contributed by atoms with van der Waals surface area (Å²) in [5.74, 6) is 0.864. The Hall–Kier alpha value is -2.17. The number of aromatic nitrogens is 3. The van der Waals surface area contributed by atoms with Crippen molar-refractivity contribution in [3.63, 3.8) is 0 Å². The van der Waals surface area contributed by atoms with Crippen LogP contribution in [0.5, 0.6) is 0 Å². The lowest BCUT2D eigenvalue weighted by Gasteiger charge is -2.11. The number of carbonyl (C=O) groups is 1. The molecule has 1 amide bonds. The third kappa shape index (κ3) is 3.23. The Labute approximate surface area is 119 Å². The van der Waals surface area contributed by atoms with Gasteiger partial charge in [0.05, 0.1) is 0 Å². The molecule has 0 aliphatic heterocycles. The summed E-state index contributed by atoms with van der Waals surface area (Å²) in [5.41, 5.74) is 1.73. The highest BCUT2D eigenvalue weighted by molar-refractivity contribution is 5.92. The molecule has 1 aromatic carbocycles. The summed E-state index contributed by atoms with van der Waals surface area (Å²) in [6, 6.07) is 7.66. The Kier molecular flexibility index (Phi) is 4.50. The number of carbonyl (C=O) groups excluding carboxylic acids is 1. The van der Waals surface area contributed by atoms with Gasteiger partial charge in [-0.05, 0) is 18.6 Å². The minimum Gasteiger partial charge on any atom is -0.326 e. The molecule has 0 radical (unpaired) electrons. The topological polar surface area (TPSA) is 59.8 Å². The van der Waals surface area contributed by atoms with E-state index in [1.54, 1.807) is 6.33 Å². The molecule has 1 atom stereocenters. The maximum atomic E-state index is 12.0. The van der Waals surface area contributed by atoms with Gasteiger partial charge in [-0.15, -0.1) is 10.2 Å². The molecule has 0 saturated heterocycles. The predicted octanol–water partition coefficient (Wildman–Crippen LogP) is 2.86. The fourth-order valence-corrected chi connectivity index (χ4v) is 2.11. The van der Waals surface area contributed by atoms with E-state index in [1.165, 1.54) is 0 Å². The molecular formula is C15H20N4O. The second kappa shape index (κ2) is 6.32. The molecule has 2 rings (SSSR count). The first kappa shape index (κ1) is 14.2. The van der Waals surface area contributed by atoms with Gasteiger partial charge in [-0.3, -0.25) is 4.79 Å². The van der Waals surface area contributed by atoms with Gasteiger partial charge in [0.15, 0.2) is 5.82 Å². The van der Waals surface area contributed by atoms with Gasteiger partial charge in [-0.2, -0.15) is 0 Å². The minimum atomic E-state index is 0.0264. The predicted molar refractivity (Wildman–Crippen MR) is 79.1 cm³/mol. The van der Waals surface area contributed by atoms with Gasteiger partial charge < -0.3 is 9.88 Å². The van der Waals surface area contributed by atoms with E-state index in [1.807, 2.05) is 42.8 Å². The minimum absolute atomic E-state index is 0.0264. The van der Waals surface area contributed by atoms with Crippen LogP contribution in [-0.2, 0) is 11.8 Å². The molecule has 2 aromatic rings. The van der Waals surface area contributed by atoms with Crippen LogP contribution in [0.1, 0.15) is 26.7 Å². The quantitative estimate of drug-likeness (QED) is 0.910. The maximum Gasteiger partial charge on any atom is 0.227 e. The van der Waals surface area contributed by atoms with Crippen LogP contribution in [0.15, 0.2) is 30.6 Å². The molecule has 0 bridgehead atoms. The van der Waals surface area contributed by atoms with E-state index < -0.39 is 0 Å². The number of hydrogen-bond acceptors (Lipinski definition) is 3. The van der Waals surface area contributed by atoms with E-state index in [0.29, 0.717) is 0 Å². The fourth-order valence-electron chi connectivity index (χ4n) is 2.11. The molecule has 0 aliphatic rings. The fraction of sp³-hybridized carbons (Fsp3) is 0.400. The molecule has 20 heavy (non-hydrogen) atoms. The number of benzene rings is 1. The summed E-state index contributed by atoms with van der Waals surface area (Å²) in [4.78, 5) is 12.0. The van der Waals surface area contributed by atoms with Crippen molar-refractivity contribution in [1.29, 1.82) is 0 Å². The zero-order chi connectivity index (χ0) is 14.5. The van der Waals surface area contributed by atoms with Crippen molar-refractivity contribution in [2.24, 2.45) is 13.0 Å². The Morgan fingerprint density at radius 2 is 2.25 bits per heavy atom. The number of anilines is 1. The SMILES string of the molecule is CCCC(C)C(=O)Nc1cccc(-c2nncn2C)c1. The molecule has 5 nitrogen and oxygen atoms in total. The van der Waals surface area contributed by atoms with E-state index in [2.05, 4.69) is 22.4 Å². The van der Waals surface area contributed by atoms with E-state index in [0.717, 1.165) is 29.9 Å². The molecule has 0 spiro atoms. The van der Waals surface area contributed by atoms with Crippen LogP contribution < -0.4 is 5.32 Å².